The van der Waals surface area contributed by atoms with E-state index in [0.29, 0.717) is 5.56 Å². The molecule has 1 heterocycles. The largest absolute Gasteiger partial charge is 0.457 e. The maximum Gasteiger partial charge on any atom is 0.306 e. The van der Waals surface area contributed by atoms with Gasteiger partial charge in [-0.25, -0.2) is 0 Å². The maximum absolute atomic E-state index is 12.5. The van der Waals surface area contributed by atoms with Crippen LogP contribution >= 0.6 is 15.9 Å². The van der Waals surface area contributed by atoms with Gasteiger partial charge in [0.15, 0.2) is 6.61 Å². The van der Waals surface area contributed by atoms with Crippen LogP contribution < -0.4 is 0 Å². The minimum atomic E-state index is -0.536. The second-order valence-corrected chi connectivity index (χ2v) is 7.19. The van der Waals surface area contributed by atoms with Crippen molar-refractivity contribution in [3.05, 3.63) is 51.3 Å². The zero-order chi connectivity index (χ0) is 19.4. The van der Waals surface area contributed by atoms with Crippen LogP contribution in [0.15, 0.2) is 28.7 Å². The first-order valence-electron chi connectivity index (χ1n) is 8.34. The van der Waals surface area contributed by atoms with Gasteiger partial charge >= 0.3 is 5.97 Å². The molecule has 2 rings (SSSR count). The molecule has 0 aliphatic rings. The number of esters is 1. The SMILES string of the molecule is CC(=O)CCC(=O)OCC(=O)c1cc(C)n(-c2ccc(Br)c(C)c2)c1C. The minimum absolute atomic E-state index is 0.000193. The summed E-state index contributed by atoms with van der Waals surface area (Å²) in [5, 5.41) is 0. The number of hydrogen-bond acceptors (Lipinski definition) is 4. The van der Waals surface area contributed by atoms with Crippen LogP contribution in [0.2, 0.25) is 0 Å². The van der Waals surface area contributed by atoms with Crippen LogP contribution in [0.5, 0.6) is 0 Å². The van der Waals surface area contributed by atoms with E-state index in [0.717, 1.165) is 27.1 Å². The van der Waals surface area contributed by atoms with Crippen molar-refractivity contribution in [1.82, 2.24) is 4.57 Å². The molecule has 0 aliphatic carbocycles. The lowest BCUT2D eigenvalue weighted by Crippen LogP contribution is -2.15. The number of nitrogens with zero attached hydrogens (tertiary/aromatic N) is 1. The van der Waals surface area contributed by atoms with Crippen LogP contribution in [0.4, 0.5) is 0 Å². The Morgan fingerprint density at radius 1 is 1.08 bits per heavy atom. The Morgan fingerprint density at radius 3 is 2.38 bits per heavy atom. The van der Waals surface area contributed by atoms with E-state index in [1.54, 1.807) is 6.07 Å². The third-order valence-corrected chi connectivity index (χ3v) is 5.07. The Hall–Kier alpha value is -2.21. The summed E-state index contributed by atoms with van der Waals surface area (Å²) in [5.41, 5.74) is 4.33. The third-order valence-electron chi connectivity index (χ3n) is 4.18. The molecule has 0 amide bonds. The van der Waals surface area contributed by atoms with Crippen LogP contribution in [0.3, 0.4) is 0 Å². The predicted octanol–water partition coefficient (Wildman–Crippen LogP) is 4.26. The monoisotopic (exact) mass is 419 g/mol. The van der Waals surface area contributed by atoms with Crippen molar-refractivity contribution < 1.29 is 19.1 Å². The summed E-state index contributed by atoms with van der Waals surface area (Å²) in [5.74, 6) is -0.873. The topological polar surface area (TPSA) is 65.4 Å². The highest BCUT2D eigenvalue weighted by molar-refractivity contribution is 9.10. The van der Waals surface area contributed by atoms with Gasteiger partial charge in [0.05, 0.1) is 6.42 Å². The highest BCUT2D eigenvalue weighted by Gasteiger charge is 2.18. The fourth-order valence-corrected chi connectivity index (χ4v) is 3.03. The number of Topliss-reactive ketones (excluding diaryl/α,β-unsaturated/α-hetero) is 2. The van der Waals surface area contributed by atoms with Gasteiger partial charge in [0.1, 0.15) is 5.78 Å². The van der Waals surface area contributed by atoms with Crippen LogP contribution in [0.1, 0.15) is 47.1 Å². The molecule has 2 aromatic rings. The molecule has 0 spiro atoms. The number of benzene rings is 1. The summed E-state index contributed by atoms with van der Waals surface area (Å²) < 4.78 is 8.03. The van der Waals surface area contributed by atoms with Crippen molar-refractivity contribution in [2.24, 2.45) is 0 Å². The average molecular weight is 420 g/mol. The molecule has 0 bridgehead atoms. The van der Waals surface area contributed by atoms with Crippen LogP contribution in [-0.2, 0) is 14.3 Å². The normalized spacial score (nSPS) is 10.7. The van der Waals surface area contributed by atoms with E-state index in [9.17, 15) is 14.4 Å². The molecule has 1 aromatic carbocycles. The molecule has 0 fully saturated rings. The number of hydrogen-bond donors (Lipinski definition) is 0. The number of rotatable bonds is 7. The lowest BCUT2D eigenvalue weighted by Gasteiger charge is -2.11. The number of ether oxygens (including phenoxy) is 1. The van der Waals surface area contributed by atoms with Gasteiger partial charge in [-0.05, 0) is 57.5 Å². The Bertz CT molecular complexity index is 867. The van der Waals surface area contributed by atoms with E-state index in [2.05, 4.69) is 15.9 Å². The van der Waals surface area contributed by atoms with E-state index >= 15 is 0 Å². The quantitative estimate of drug-likeness (QED) is 0.496. The van der Waals surface area contributed by atoms with Gasteiger partial charge in [-0.15, -0.1) is 0 Å². The van der Waals surface area contributed by atoms with E-state index < -0.39 is 5.97 Å². The summed E-state index contributed by atoms with van der Waals surface area (Å²) in [6, 6.07) is 7.80. The fourth-order valence-electron chi connectivity index (χ4n) is 2.78. The van der Waals surface area contributed by atoms with E-state index in [1.807, 2.05) is 43.5 Å². The summed E-state index contributed by atoms with van der Waals surface area (Å²) in [6.07, 6.45) is 0.129. The lowest BCUT2D eigenvalue weighted by atomic mass is 10.1. The van der Waals surface area contributed by atoms with E-state index in [4.69, 9.17) is 4.74 Å². The summed E-state index contributed by atoms with van der Waals surface area (Å²) in [7, 11) is 0. The molecule has 6 heteroatoms. The molecule has 26 heavy (non-hydrogen) atoms. The van der Waals surface area contributed by atoms with Crippen molar-refractivity contribution in [1.29, 1.82) is 0 Å². The fraction of sp³-hybridized carbons (Fsp3) is 0.350. The van der Waals surface area contributed by atoms with Crippen molar-refractivity contribution in [3.8, 4) is 5.69 Å². The van der Waals surface area contributed by atoms with Crippen molar-refractivity contribution >= 4 is 33.5 Å². The van der Waals surface area contributed by atoms with Crippen molar-refractivity contribution in [2.75, 3.05) is 6.61 Å². The van der Waals surface area contributed by atoms with Gasteiger partial charge in [-0.3, -0.25) is 9.59 Å². The molecular weight excluding hydrogens is 398 g/mol. The zero-order valence-corrected chi connectivity index (χ0v) is 17.0. The maximum atomic E-state index is 12.5. The first-order valence-corrected chi connectivity index (χ1v) is 9.13. The molecule has 0 radical (unpaired) electrons. The number of aromatic nitrogens is 1. The third kappa shape index (κ3) is 4.69. The van der Waals surface area contributed by atoms with Crippen LogP contribution in [0, 0.1) is 20.8 Å². The van der Waals surface area contributed by atoms with Gasteiger partial charge in [0.2, 0.25) is 5.78 Å². The Balaban J connectivity index is 2.16. The zero-order valence-electron chi connectivity index (χ0n) is 15.4. The molecular formula is C20H22BrNO4. The first-order chi connectivity index (χ1) is 12.2. The smallest absolute Gasteiger partial charge is 0.306 e. The number of carbonyl (C=O) groups excluding carboxylic acids is 3. The number of carbonyl (C=O) groups is 3. The Kier molecular flexibility index (Phi) is 6.53. The minimum Gasteiger partial charge on any atom is -0.457 e. The number of aryl methyl sites for hydroxylation is 2. The van der Waals surface area contributed by atoms with Gasteiger partial charge in [-0.1, -0.05) is 15.9 Å². The Labute approximate surface area is 161 Å². The highest BCUT2D eigenvalue weighted by Crippen LogP contribution is 2.25. The van der Waals surface area contributed by atoms with Gasteiger partial charge < -0.3 is 14.1 Å². The molecule has 0 saturated carbocycles. The van der Waals surface area contributed by atoms with Crippen LogP contribution in [-0.4, -0.2) is 28.7 Å². The lowest BCUT2D eigenvalue weighted by molar-refractivity contribution is -0.143. The molecule has 0 unspecified atom stereocenters. The van der Waals surface area contributed by atoms with Crippen molar-refractivity contribution in [2.45, 2.75) is 40.5 Å². The molecule has 0 atom stereocenters. The van der Waals surface area contributed by atoms with Crippen molar-refractivity contribution in [3.63, 3.8) is 0 Å². The number of ketones is 2. The molecule has 0 N–H and O–H groups in total. The van der Waals surface area contributed by atoms with Crippen LogP contribution in [0.25, 0.3) is 5.69 Å². The molecule has 1 aromatic heterocycles. The predicted molar refractivity (Wildman–Crippen MR) is 103 cm³/mol. The molecule has 0 aliphatic heterocycles. The number of halogens is 1. The molecule has 5 nitrogen and oxygen atoms in total. The second kappa shape index (κ2) is 8.45. The van der Waals surface area contributed by atoms with Gasteiger partial charge in [0, 0.05) is 33.5 Å². The van der Waals surface area contributed by atoms with Gasteiger partial charge in [0.25, 0.3) is 0 Å². The molecule has 138 valence electrons. The summed E-state index contributed by atoms with van der Waals surface area (Å²) >= 11 is 3.49. The standard InChI is InChI=1S/C20H22BrNO4/c1-12-9-16(6-7-18(12)21)22-13(2)10-17(15(22)4)19(24)11-26-20(25)8-5-14(3)23/h6-7,9-10H,5,8,11H2,1-4H3. The van der Waals surface area contributed by atoms with E-state index in [1.165, 1.54) is 6.92 Å². The highest BCUT2D eigenvalue weighted by atomic mass is 79.9. The second-order valence-electron chi connectivity index (χ2n) is 6.34. The van der Waals surface area contributed by atoms with E-state index in [-0.39, 0.29) is 31.0 Å². The first kappa shape index (κ1) is 20.1. The average Bonchev–Trinajstić information content (AvgIpc) is 2.88. The molecule has 0 saturated heterocycles. The summed E-state index contributed by atoms with van der Waals surface area (Å²) in [4.78, 5) is 34.9. The Morgan fingerprint density at radius 2 is 1.77 bits per heavy atom. The van der Waals surface area contributed by atoms with Gasteiger partial charge in [-0.2, -0.15) is 0 Å². The summed E-state index contributed by atoms with van der Waals surface area (Å²) in [6.45, 7) is 6.90.